The second kappa shape index (κ2) is 11.1. The average molecular weight is 292 g/mol. The summed E-state index contributed by atoms with van der Waals surface area (Å²) in [6.45, 7) is 1.85. The lowest BCUT2D eigenvalue weighted by Crippen LogP contribution is -2.32. The molecule has 1 atom stereocenters. The molecule has 0 fully saturated rings. The molecule has 0 aliphatic carbocycles. The zero-order valence-electron chi connectivity index (χ0n) is 12.3. The number of hydrogen-bond acceptors (Lipinski definition) is 5. The summed E-state index contributed by atoms with van der Waals surface area (Å²) in [7, 11) is 0. The number of ether oxygens (including phenoxy) is 1. The minimum atomic E-state index is -0.557. The minimum absolute atomic E-state index is 0.226. The summed E-state index contributed by atoms with van der Waals surface area (Å²) in [6.07, 6.45) is 3.48. The Balaban J connectivity index is 2.05. The van der Waals surface area contributed by atoms with Crippen LogP contribution < -0.4 is 10.1 Å². The molecule has 0 aliphatic rings. The third-order valence-electron chi connectivity index (χ3n) is 3.07. The second-order valence-corrected chi connectivity index (χ2v) is 4.94. The maximum atomic E-state index is 9.78. The van der Waals surface area contributed by atoms with Crippen molar-refractivity contribution >= 4 is 0 Å². The van der Waals surface area contributed by atoms with Gasteiger partial charge in [-0.3, -0.25) is 0 Å². The molecule has 0 aliphatic heterocycles. The predicted octanol–water partition coefficient (Wildman–Crippen LogP) is 1.44. The zero-order chi connectivity index (χ0) is 15.3. The molecule has 1 aromatic carbocycles. The molecular weight excluding hydrogens is 268 g/mol. The van der Waals surface area contributed by atoms with Crippen molar-refractivity contribution in [2.24, 2.45) is 0 Å². The highest BCUT2D eigenvalue weighted by molar-refractivity contribution is 5.34. The van der Waals surface area contributed by atoms with Crippen LogP contribution in [0.1, 0.15) is 31.2 Å². The number of hydrogen-bond donors (Lipinski definition) is 3. The summed E-state index contributed by atoms with van der Waals surface area (Å²) in [5.41, 5.74) is 0.589. The first-order valence-electron chi connectivity index (χ1n) is 7.39. The molecule has 116 valence electrons. The molecule has 0 aromatic heterocycles. The van der Waals surface area contributed by atoms with Crippen LogP contribution >= 0.6 is 0 Å². The van der Waals surface area contributed by atoms with Gasteiger partial charge in [0.15, 0.2) is 0 Å². The SMILES string of the molecule is N#Cc1ccc(OCC(O)CNCCCCCCO)cc1. The molecule has 21 heavy (non-hydrogen) atoms. The molecule has 0 amide bonds. The van der Waals surface area contributed by atoms with Crippen LogP contribution in [-0.4, -0.2) is 42.6 Å². The van der Waals surface area contributed by atoms with Gasteiger partial charge in [0, 0.05) is 13.2 Å². The van der Waals surface area contributed by atoms with E-state index in [0.29, 0.717) is 17.9 Å². The molecule has 0 saturated heterocycles. The van der Waals surface area contributed by atoms with Crippen molar-refractivity contribution in [3.05, 3.63) is 29.8 Å². The maximum Gasteiger partial charge on any atom is 0.119 e. The molecule has 5 nitrogen and oxygen atoms in total. The average Bonchev–Trinajstić information content (AvgIpc) is 2.52. The highest BCUT2D eigenvalue weighted by Crippen LogP contribution is 2.11. The Hall–Kier alpha value is -1.61. The lowest BCUT2D eigenvalue weighted by molar-refractivity contribution is 0.106. The van der Waals surface area contributed by atoms with Gasteiger partial charge < -0.3 is 20.3 Å². The van der Waals surface area contributed by atoms with Crippen molar-refractivity contribution in [3.8, 4) is 11.8 Å². The first-order chi connectivity index (χ1) is 10.3. The van der Waals surface area contributed by atoms with E-state index >= 15 is 0 Å². The van der Waals surface area contributed by atoms with E-state index in [1.165, 1.54) is 0 Å². The second-order valence-electron chi connectivity index (χ2n) is 4.94. The third-order valence-corrected chi connectivity index (χ3v) is 3.07. The van der Waals surface area contributed by atoms with Crippen LogP contribution in [0.4, 0.5) is 0 Å². The number of benzene rings is 1. The van der Waals surface area contributed by atoms with Crippen LogP contribution in [0.3, 0.4) is 0 Å². The van der Waals surface area contributed by atoms with Crippen molar-refractivity contribution in [1.82, 2.24) is 5.32 Å². The van der Waals surface area contributed by atoms with E-state index in [1.807, 2.05) is 6.07 Å². The summed E-state index contributed by atoms with van der Waals surface area (Å²) < 4.78 is 5.45. The smallest absolute Gasteiger partial charge is 0.119 e. The molecule has 0 saturated carbocycles. The monoisotopic (exact) mass is 292 g/mol. The van der Waals surface area contributed by atoms with Gasteiger partial charge in [-0.15, -0.1) is 0 Å². The van der Waals surface area contributed by atoms with E-state index in [9.17, 15) is 5.11 Å². The Bertz CT molecular complexity index is 415. The topological polar surface area (TPSA) is 85.5 Å². The van der Waals surface area contributed by atoms with Crippen LogP contribution in [0.2, 0.25) is 0 Å². The van der Waals surface area contributed by atoms with Gasteiger partial charge in [-0.25, -0.2) is 0 Å². The first-order valence-corrected chi connectivity index (χ1v) is 7.39. The van der Waals surface area contributed by atoms with E-state index in [-0.39, 0.29) is 13.2 Å². The zero-order valence-corrected chi connectivity index (χ0v) is 12.3. The number of aliphatic hydroxyl groups excluding tert-OH is 2. The van der Waals surface area contributed by atoms with Gasteiger partial charge in [0.05, 0.1) is 11.6 Å². The summed E-state index contributed by atoms with van der Waals surface area (Å²) in [5.74, 6) is 0.650. The number of unbranched alkanes of at least 4 members (excludes halogenated alkanes) is 3. The molecule has 0 heterocycles. The van der Waals surface area contributed by atoms with Gasteiger partial charge in [-0.1, -0.05) is 12.8 Å². The van der Waals surface area contributed by atoms with E-state index in [2.05, 4.69) is 5.32 Å². The van der Waals surface area contributed by atoms with Crippen molar-refractivity contribution in [2.45, 2.75) is 31.8 Å². The van der Waals surface area contributed by atoms with E-state index in [1.54, 1.807) is 24.3 Å². The Labute approximate surface area is 126 Å². The van der Waals surface area contributed by atoms with Crippen molar-refractivity contribution in [1.29, 1.82) is 5.26 Å². The molecule has 5 heteroatoms. The third kappa shape index (κ3) is 8.30. The molecule has 1 unspecified atom stereocenters. The Morgan fingerprint density at radius 1 is 1.14 bits per heavy atom. The summed E-state index contributed by atoms with van der Waals surface area (Å²) >= 11 is 0. The van der Waals surface area contributed by atoms with E-state index < -0.39 is 6.10 Å². The van der Waals surface area contributed by atoms with Gasteiger partial charge in [-0.05, 0) is 43.7 Å². The molecule has 0 bridgehead atoms. The highest BCUT2D eigenvalue weighted by atomic mass is 16.5. The minimum Gasteiger partial charge on any atom is -0.491 e. The molecule has 1 aromatic rings. The molecular formula is C16H24N2O3. The highest BCUT2D eigenvalue weighted by Gasteiger charge is 2.04. The van der Waals surface area contributed by atoms with Gasteiger partial charge in [0.25, 0.3) is 0 Å². The lowest BCUT2D eigenvalue weighted by atomic mass is 10.2. The van der Waals surface area contributed by atoms with E-state index in [4.69, 9.17) is 15.1 Å². The number of nitriles is 1. The molecule has 3 N–H and O–H groups in total. The molecule has 0 radical (unpaired) electrons. The van der Waals surface area contributed by atoms with Crippen LogP contribution in [0.25, 0.3) is 0 Å². The molecule has 0 spiro atoms. The molecule has 1 rings (SSSR count). The van der Waals surface area contributed by atoms with E-state index in [0.717, 1.165) is 32.2 Å². The van der Waals surface area contributed by atoms with Crippen LogP contribution in [0.15, 0.2) is 24.3 Å². The maximum absolute atomic E-state index is 9.78. The number of nitrogens with zero attached hydrogens (tertiary/aromatic N) is 1. The Kier molecular flexibility index (Phi) is 9.21. The fourth-order valence-corrected chi connectivity index (χ4v) is 1.86. The van der Waals surface area contributed by atoms with Gasteiger partial charge in [0.1, 0.15) is 18.5 Å². The van der Waals surface area contributed by atoms with Gasteiger partial charge in [0.2, 0.25) is 0 Å². The number of nitrogens with one attached hydrogen (secondary N) is 1. The first kappa shape index (κ1) is 17.4. The Morgan fingerprint density at radius 3 is 2.52 bits per heavy atom. The quantitative estimate of drug-likeness (QED) is 0.537. The number of aliphatic hydroxyl groups is 2. The van der Waals surface area contributed by atoms with Crippen LogP contribution in [-0.2, 0) is 0 Å². The largest absolute Gasteiger partial charge is 0.491 e. The summed E-state index contributed by atoms with van der Waals surface area (Å²) in [4.78, 5) is 0. The number of rotatable bonds is 11. The van der Waals surface area contributed by atoms with Crippen molar-refractivity contribution < 1.29 is 14.9 Å². The van der Waals surface area contributed by atoms with Gasteiger partial charge >= 0.3 is 0 Å². The Morgan fingerprint density at radius 2 is 1.86 bits per heavy atom. The summed E-state index contributed by atoms with van der Waals surface area (Å²) in [6, 6.07) is 8.86. The van der Waals surface area contributed by atoms with Crippen molar-refractivity contribution in [3.63, 3.8) is 0 Å². The normalized spacial score (nSPS) is 11.9. The fourth-order valence-electron chi connectivity index (χ4n) is 1.86. The predicted molar refractivity (Wildman–Crippen MR) is 81.1 cm³/mol. The van der Waals surface area contributed by atoms with Crippen molar-refractivity contribution in [2.75, 3.05) is 26.3 Å². The van der Waals surface area contributed by atoms with Crippen LogP contribution in [0, 0.1) is 11.3 Å². The standard InChI is InChI=1S/C16H24N2O3/c17-11-14-5-7-16(8-6-14)21-13-15(20)12-18-9-3-1-2-4-10-19/h5-8,15,18-20H,1-4,9-10,12-13H2. The fraction of sp³-hybridized carbons (Fsp3) is 0.562. The van der Waals surface area contributed by atoms with Gasteiger partial charge in [-0.2, -0.15) is 5.26 Å². The summed E-state index contributed by atoms with van der Waals surface area (Å²) in [5, 5.41) is 30.3. The van der Waals surface area contributed by atoms with Crippen LogP contribution in [0.5, 0.6) is 5.75 Å². The lowest BCUT2D eigenvalue weighted by Gasteiger charge is -2.13.